The van der Waals surface area contributed by atoms with Crippen molar-refractivity contribution in [2.45, 2.75) is 43.5 Å². The fourth-order valence-electron chi connectivity index (χ4n) is 2.65. The summed E-state index contributed by atoms with van der Waals surface area (Å²) in [5.41, 5.74) is 0.735. The molecule has 1 atom stereocenters. The second-order valence-corrected chi connectivity index (χ2v) is 7.40. The third-order valence-electron chi connectivity index (χ3n) is 3.67. The average molecular weight is 296 g/mol. The second kappa shape index (κ2) is 7.09. The van der Waals surface area contributed by atoms with Gasteiger partial charge in [0.2, 0.25) is 0 Å². The molecule has 4 nitrogen and oxygen atoms in total. The van der Waals surface area contributed by atoms with Crippen molar-refractivity contribution in [3.8, 4) is 0 Å². The lowest BCUT2D eigenvalue weighted by molar-refractivity contribution is 0.574. The molecule has 0 unspecified atom stereocenters. The maximum Gasteiger partial charge on any atom is 0.180 e. The van der Waals surface area contributed by atoms with Gasteiger partial charge < -0.3 is 10.6 Å². The maximum absolute atomic E-state index is 12.2. The fourth-order valence-corrected chi connectivity index (χ4v) is 4.17. The first kappa shape index (κ1) is 15.3. The first-order valence-electron chi connectivity index (χ1n) is 7.42. The molecule has 0 spiro atoms. The van der Waals surface area contributed by atoms with Crippen molar-refractivity contribution in [2.24, 2.45) is 0 Å². The highest BCUT2D eigenvalue weighted by molar-refractivity contribution is 7.91. The van der Waals surface area contributed by atoms with Crippen LogP contribution in [0.15, 0.2) is 29.2 Å². The summed E-state index contributed by atoms with van der Waals surface area (Å²) in [5, 5.41) is 6.74. The molecular formula is C15H24N2O2S. The van der Waals surface area contributed by atoms with Crippen LogP contribution in [0.5, 0.6) is 0 Å². The number of anilines is 1. The zero-order valence-electron chi connectivity index (χ0n) is 12.1. The summed E-state index contributed by atoms with van der Waals surface area (Å²) in [6, 6.07) is 7.78. The Labute approximate surface area is 121 Å². The summed E-state index contributed by atoms with van der Waals surface area (Å²) in [7, 11) is -3.17. The van der Waals surface area contributed by atoms with E-state index < -0.39 is 9.84 Å². The van der Waals surface area contributed by atoms with Gasteiger partial charge in [0.25, 0.3) is 0 Å². The van der Waals surface area contributed by atoms with Gasteiger partial charge in [-0.3, -0.25) is 0 Å². The lowest BCUT2D eigenvalue weighted by Crippen LogP contribution is -2.24. The van der Waals surface area contributed by atoms with Crippen LogP contribution in [-0.2, 0) is 9.84 Å². The molecule has 1 saturated heterocycles. The molecule has 5 heteroatoms. The maximum atomic E-state index is 12.2. The molecule has 1 fully saturated rings. The third kappa shape index (κ3) is 3.96. The van der Waals surface area contributed by atoms with E-state index in [-0.39, 0.29) is 5.75 Å². The van der Waals surface area contributed by atoms with Gasteiger partial charge in [0.15, 0.2) is 9.84 Å². The van der Waals surface area contributed by atoms with Gasteiger partial charge in [-0.25, -0.2) is 8.42 Å². The quantitative estimate of drug-likeness (QED) is 0.811. The van der Waals surface area contributed by atoms with Crippen LogP contribution in [0.2, 0.25) is 0 Å². The van der Waals surface area contributed by atoms with E-state index in [1.54, 1.807) is 12.1 Å². The SMILES string of the molecule is CCCS(=O)(=O)c1ccccc1NCC[C@@H]1CCCN1. The van der Waals surface area contributed by atoms with E-state index in [4.69, 9.17) is 0 Å². The Morgan fingerprint density at radius 2 is 2.15 bits per heavy atom. The van der Waals surface area contributed by atoms with Gasteiger partial charge in [-0.1, -0.05) is 19.1 Å². The second-order valence-electron chi connectivity index (χ2n) is 5.32. The van der Waals surface area contributed by atoms with Crippen LogP contribution in [0.3, 0.4) is 0 Å². The molecule has 0 amide bonds. The first-order chi connectivity index (χ1) is 9.63. The predicted octanol–water partition coefficient (Wildman–Crippen LogP) is 2.42. The Morgan fingerprint density at radius 3 is 2.85 bits per heavy atom. The summed E-state index contributed by atoms with van der Waals surface area (Å²) >= 11 is 0. The number of benzene rings is 1. The minimum absolute atomic E-state index is 0.204. The molecule has 1 aliphatic rings. The first-order valence-corrected chi connectivity index (χ1v) is 9.08. The third-order valence-corrected chi connectivity index (χ3v) is 5.64. The van der Waals surface area contributed by atoms with Gasteiger partial charge in [0.1, 0.15) is 0 Å². The van der Waals surface area contributed by atoms with E-state index in [9.17, 15) is 8.42 Å². The topological polar surface area (TPSA) is 58.2 Å². The van der Waals surface area contributed by atoms with Crippen molar-refractivity contribution < 1.29 is 8.42 Å². The highest BCUT2D eigenvalue weighted by Gasteiger charge is 2.18. The number of sulfone groups is 1. The Morgan fingerprint density at radius 1 is 1.35 bits per heavy atom. The van der Waals surface area contributed by atoms with Crippen molar-refractivity contribution in [3.63, 3.8) is 0 Å². The highest BCUT2D eigenvalue weighted by Crippen LogP contribution is 2.22. The van der Waals surface area contributed by atoms with E-state index in [2.05, 4.69) is 10.6 Å². The van der Waals surface area contributed by atoms with Gasteiger partial charge in [-0.15, -0.1) is 0 Å². The molecule has 0 aromatic heterocycles. The van der Waals surface area contributed by atoms with E-state index in [1.807, 2.05) is 19.1 Å². The van der Waals surface area contributed by atoms with E-state index in [0.717, 1.165) is 25.2 Å². The normalized spacial score (nSPS) is 19.1. The minimum Gasteiger partial charge on any atom is -0.384 e. The summed E-state index contributed by atoms with van der Waals surface area (Å²) in [6.07, 6.45) is 4.13. The van der Waals surface area contributed by atoms with Crippen LogP contribution in [0.25, 0.3) is 0 Å². The van der Waals surface area contributed by atoms with Crippen molar-refractivity contribution >= 4 is 15.5 Å². The molecule has 112 valence electrons. The van der Waals surface area contributed by atoms with Crippen LogP contribution in [0, 0.1) is 0 Å². The fraction of sp³-hybridized carbons (Fsp3) is 0.600. The lowest BCUT2D eigenvalue weighted by Gasteiger charge is -2.14. The lowest BCUT2D eigenvalue weighted by atomic mass is 10.1. The molecule has 1 aromatic carbocycles. The van der Waals surface area contributed by atoms with E-state index in [0.29, 0.717) is 17.4 Å². The minimum atomic E-state index is -3.17. The number of rotatable bonds is 7. The standard InChI is InChI=1S/C15H24N2O2S/c1-2-12-20(18,19)15-8-4-3-7-14(15)17-11-9-13-6-5-10-16-13/h3-4,7-8,13,16-17H,2,5-6,9-12H2,1H3/t13-/m0/s1. The monoisotopic (exact) mass is 296 g/mol. The number of nitrogens with one attached hydrogen (secondary N) is 2. The van der Waals surface area contributed by atoms with Gasteiger partial charge in [-0.2, -0.15) is 0 Å². The molecule has 2 N–H and O–H groups in total. The van der Waals surface area contributed by atoms with Crippen LogP contribution >= 0.6 is 0 Å². The summed E-state index contributed by atoms with van der Waals surface area (Å²) in [6.45, 7) is 3.79. The zero-order chi connectivity index (χ0) is 14.4. The molecule has 0 bridgehead atoms. The van der Waals surface area contributed by atoms with Crippen LogP contribution in [0.1, 0.15) is 32.6 Å². The molecule has 1 aromatic rings. The molecule has 1 aliphatic heterocycles. The summed E-state index contributed by atoms with van der Waals surface area (Å²) < 4.78 is 24.4. The molecule has 2 rings (SSSR count). The van der Waals surface area contributed by atoms with Gasteiger partial charge >= 0.3 is 0 Å². The predicted molar refractivity (Wildman–Crippen MR) is 82.9 cm³/mol. The molecule has 0 saturated carbocycles. The van der Waals surface area contributed by atoms with Gasteiger partial charge in [0, 0.05) is 12.6 Å². The Kier molecular flexibility index (Phi) is 5.43. The van der Waals surface area contributed by atoms with E-state index in [1.165, 1.54) is 12.8 Å². The molecule has 0 radical (unpaired) electrons. The largest absolute Gasteiger partial charge is 0.384 e. The molecule has 20 heavy (non-hydrogen) atoms. The highest BCUT2D eigenvalue weighted by atomic mass is 32.2. The van der Waals surface area contributed by atoms with Gasteiger partial charge in [-0.05, 0) is 44.4 Å². The van der Waals surface area contributed by atoms with Crippen LogP contribution in [0.4, 0.5) is 5.69 Å². The smallest absolute Gasteiger partial charge is 0.180 e. The zero-order valence-corrected chi connectivity index (χ0v) is 12.9. The molecule has 1 heterocycles. The van der Waals surface area contributed by atoms with Crippen molar-refractivity contribution in [2.75, 3.05) is 24.2 Å². The average Bonchev–Trinajstić information content (AvgIpc) is 2.92. The van der Waals surface area contributed by atoms with Crippen LogP contribution < -0.4 is 10.6 Å². The summed E-state index contributed by atoms with van der Waals surface area (Å²) in [5.74, 6) is 0.204. The Balaban J connectivity index is 2.00. The van der Waals surface area contributed by atoms with Crippen LogP contribution in [-0.4, -0.2) is 33.3 Å². The number of para-hydroxylation sites is 1. The van der Waals surface area contributed by atoms with Gasteiger partial charge in [0.05, 0.1) is 16.3 Å². The Bertz CT molecular complexity index is 522. The molecular weight excluding hydrogens is 272 g/mol. The molecule has 0 aliphatic carbocycles. The van der Waals surface area contributed by atoms with Crippen molar-refractivity contribution in [1.82, 2.24) is 5.32 Å². The van der Waals surface area contributed by atoms with E-state index >= 15 is 0 Å². The van der Waals surface area contributed by atoms with Crippen molar-refractivity contribution in [1.29, 1.82) is 0 Å². The summed E-state index contributed by atoms with van der Waals surface area (Å²) in [4.78, 5) is 0.432. The van der Waals surface area contributed by atoms with Crippen molar-refractivity contribution in [3.05, 3.63) is 24.3 Å². The number of hydrogen-bond donors (Lipinski definition) is 2. The number of hydrogen-bond acceptors (Lipinski definition) is 4. The Hall–Kier alpha value is -1.07.